The number of thiophene rings is 1. The van der Waals surface area contributed by atoms with Crippen LogP contribution in [0.4, 0.5) is 5.82 Å². The minimum atomic E-state index is -1.26. The van der Waals surface area contributed by atoms with E-state index in [1.807, 2.05) is 12.3 Å². The molecule has 0 radical (unpaired) electrons. The Morgan fingerprint density at radius 2 is 2.00 bits per heavy atom. The number of hydrogen-bond acceptors (Lipinski definition) is 7. The van der Waals surface area contributed by atoms with E-state index in [2.05, 4.69) is 20.3 Å². The van der Waals surface area contributed by atoms with E-state index >= 15 is 0 Å². The molecule has 0 bridgehead atoms. The molecular weight excluding hydrogens is 410 g/mol. The van der Waals surface area contributed by atoms with Crippen LogP contribution in [0, 0.1) is 0 Å². The highest BCUT2D eigenvalue weighted by atomic mass is 32.1. The molecule has 3 aromatic heterocycles. The number of H-pyrrole nitrogens is 1. The molecule has 0 saturated carbocycles. The minimum Gasteiger partial charge on any atom is -0.481 e. The van der Waals surface area contributed by atoms with E-state index in [9.17, 15) is 14.4 Å². The molecule has 6 N–H and O–H groups in total. The molecule has 3 heterocycles. The lowest BCUT2D eigenvalue weighted by molar-refractivity contribution is -0.140. The molecule has 0 saturated heterocycles. The van der Waals surface area contributed by atoms with Crippen LogP contribution in [0.25, 0.3) is 11.0 Å². The van der Waals surface area contributed by atoms with Crippen LogP contribution in [0.2, 0.25) is 0 Å². The summed E-state index contributed by atoms with van der Waals surface area (Å²) >= 11 is 1.28. The van der Waals surface area contributed by atoms with Gasteiger partial charge in [0.05, 0.1) is 10.3 Å². The number of carboxylic acid groups (broad SMARTS) is 2. The van der Waals surface area contributed by atoms with Crippen LogP contribution in [0.5, 0.6) is 0 Å². The summed E-state index contributed by atoms with van der Waals surface area (Å²) in [5, 5.41) is 21.1. The van der Waals surface area contributed by atoms with Crippen LogP contribution in [0.15, 0.2) is 24.7 Å². The van der Waals surface area contributed by atoms with Crippen molar-refractivity contribution < 1.29 is 24.6 Å². The van der Waals surface area contributed by atoms with Crippen molar-refractivity contribution in [3.8, 4) is 0 Å². The summed E-state index contributed by atoms with van der Waals surface area (Å²) in [6.45, 7) is 0. The lowest BCUT2D eigenvalue weighted by Crippen LogP contribution is -2.40. The number of nitrogens with zero attached hydrogens (tertiary/aromatic N) is 2. The van der Waals surface area contributed by atoms with E-state index in [4.69, 9.17) is 15.9 Å². The van der Waals surface area contributed by atoms with Crippen molar-refractivity contribution in [3.63, 3.8) is 0 Å². The van der Waals surface area contributed by atoms with Crippen molar-refractivity contribution in [1.29, 1.82) is 0 Å². The second-order valence-corrected chi connectivity index (χ2v) is 7.88. The van der Waals surface area contributed by atoms with Crippen molar-refractivity contribution in [3.05, 3.63) is 40.0 Å². The number of carbonyl (C=O) groups excluding carboxylic acids is 1. The summed E-state index contributed by atoms with van der Waals surface area (Å²) in [6, 6.07) is 2.23. The van der Waals surface area contributed by atoms with Crippen LogP contribution < -0.4 is 11.1 Å². The number of nitrogen functional groups attached to an aromatic ring is 1. The highest BCUT2D eigenvalue weighted by Crippen LogP contribution is 2.24. The number of carbonyl (C=O) groups is 3. The van der Waals surface area contributed by atoms with Crippen LogP contribution >= 0.6 is 11.3 Å². The number of nitrogens with one attached hydrogen (secondary N) is 2. The van der Waals surface area contributed by atoms with E-state index in [-0.39, 0.29) is 12.8 Å². The molecule has 0 unspecified atom stereocenters. The lowest BCUT2D eigenvalue weighted by Gasteiger charge is -2.12. The number of aromatic nitrogens is 3. The Morgan fingerprint density at radius 3 is 2.73 bits per heavy atom. The van der Waals surface area contributed by atoms with Crippen molar-refractivity contribution in [2.75, 3.05) is 5.73 Å². The molecule has 0 spiro atoms. The lowest BCUT2D eigenvalue weighted by atomic mass is 10.1. The van der Waals surface area contributed by atoms with Gasteiger partial charge in [0.1, 0.15) is 23.8 Å². The van der Waals surface area contributed by atoms with E-state index in [1.54, 1.807) is 6.07 Å². The predicted octanol–water partition coefficient (Wildman–Crippen LogP) is 1.82. The molecule has 0 aliphatic rings. The van der Waals surface area contributed by atoms with Crippen LogP contribution in [0.1, 0.15) is 39.4 Å². The van der Waals surface area contributed by atoms with Gasteiger partial charge in [0.15, 0.2) is 0 Å². The van der Waals surface area contributed by atoms with Gasteiger partial charge in [-0.1, -0.05) is 0 Å². The summed E-state index contributed by atoms with van der Waals surface area (Å²) in [7, 11) is 0. The fraction of sp³-hybridized carbons (Fsp3) is 0.316. The SMILES string of the molecule is Nc1ncnc2[nH]cc(CCCc3ccc(C(=O)N[C@@H](CCC(=O)O)C(=O)O)s3)c12. The predicted molar refractivity (Wildman–Crippen MR) is 110 cm³/mol. The maximum atomic E-state index is 12.3. The Balaban J connectivity index is 1.56. The molecule has 11 heteroatoms. The topological polar surface area (TPSA) is 171 Å². The molecule has 1 amide bonds. The maximum Gasteiger partial charge on any atom is 0.326 e. The Labute approximate surface area is 175 Å². The summed E-state index contributed by atoms with van der Waals surface area (Å²) in [5.74, 6) is -2.46. The second-order valence-electron chi connectivity index (χ2n) is 6.71. The van der Waals surface area contributed by atoms with Gasteiger partial charge in [-0.15, -0.1) is 11.3 Å². The molecule has 3 rings (SSSR count). The monoisotopic (exact) mass is 431 g/mol. The normalized spacial score (nSPS) is 12.0. The van der Waals surface area contributed by atoms with Gasteiger partial charge in [-0.05, 0) is 43.4 Å². The Hall–Kier alpha value is -3.47. The van der Waals surface area contributed by atoms with Gasteiger partial charge in [0.25, 0.3) is 5.91 Å². The average Bonchev–Trinajstić information content (AvgIpc) is 3.33. The van der Waals surface area contributed by atoms with Crippen molar-refractivity contribution in [1.82, 2.24) is 20.3 Å². The average molecular weight is 431 g/mol. The number of hydrogen-bond donors (Lipinski definition) is 5. The molecule has 0 aromatic carbocycles. The van der Waals surface area contributed by atoms with E-state index in [1.165, 1.54) is 17.7 Å². The van der Waals surface area contributed by atoms with Gasteiger partial charge >= 0.3 is 11.9 Å². The third-order valence-corrected chi connectivity index (χ3v) is 5.73. The number of carboxylic acids is 2. The summed E-state index contributed by atoms with van der Waals surface area (Å²) in [6.07, 6.45) is 5.08. The molecule has 10 nitrogen and oxygen atoms in total. The zero-order chi connectivity index (χ0) is 21.7. The number of fused-ring (bicyclic) bond motifs is 1. The fourth-order valence-electron chi connectivity index (χ4n) is 3.09. The number of rotatable bonds is 10. The first-order valence-corrected chi connectivity index (χ1v) is 10.1. The second kappa shape index (κ2) is 9.35. The summed E-state index contributed by atoms with van der Waals surface area (Å²) < 4.78 is 0. The third-order valence-electron chi connectivity index (χ3n) is 4.59. The molecule has 0 aliphatic carbocycles. The Morgan fingerprint density at radius 1 is 1.20 bits per heavy atom. The quantitative estimate of drug-likeness (QED) is 0.323. The molecule has 30 heavy (non-hydrogen) atoms. The van der Waals surface area contributed by atoms with E-state index < -0.39 is 23.9 Å². The maximum absolute atomic E-state index is 12.3. The molecule has 3 aromatic rings. The van der Waals surface area contributed by atoms with Crippen LogP contribution in [-0.4, -0.2) is 49.1 Å². The number of nitrogens with two attached hydrogens (primary N) is 1. The molecular formula is C19H21N5O5S. The Bertz CT molecular complexity index is 1080. The van der Waals surface area contributed by atoms with Gasteiger partial charge in [0, 0.05) is 17.5 Å². The number of aliphatic carboxylic acids is 2. The first kappa shape index (κ1) is 21.2. The van der Waals surface area contributed by atoms with Crippen molar-refractivity contribution in [2.24, 2.45) is 0 Å². The van der Waals surface area contributed by atoms with E-state index in [0.717, 1.165) is 35.1 Å². The third kappa shape index (κ3) is 5.11. The number of aryl methyl sites for hydroxylation is 2. The van der Waals surface area contributed by atoms with Crippen molar-refractivity contribution in [2.45, 2.75) is 38.1 Å². The number of anilines is 1. The van der Waals surface area contributed by atoms with Gasteiger partial charge in [-0.3, -0.25) is 9.59 Å². The smallest absolute Gasteiger partial charge is 0.326 e. The largest absolute Gasteiger partial charge is 0.481 e. The highest BCUT2D eigenvalue weighted by Gasteiger charge is 2.22. The number of amides is 1. The summed E-state index contributed by atoms with van der Waals surface area (Å²) in [5.41, 5.74) is 7.66. The molecule has 0 fully saturated rings. The zero-order valence-corrected chi connectivity index (χ0v) is 16.7. The van der Waals surface area contributed by atoms with Crippen molar-refractivity contribution >= 4 is 46.0 Å². The molecule has 0 aliphatic heterocycles. The van der Waals surface area contributed by atoms with Gasteiger partial charge in [0.2, 0.25) is 0 Å². The minimum absolute atomic E-state index is 0.174. The van der Waals surface area contributed by atoms with Crippen LogP contribution in [0.3, 0.4) is 0 Å². The molecule has 1 atom stereocenters. The molecule has 158 valence electrons. The van der Waals surface area contributed by atoms with Gasteiger partial charge in [-0.25, -0.2) is 14.8 Å². The zero-order valence-electron chi connectivity index (χ0n) is 15.9. The standard InChI is InChI=1S/C19H21N5O5S/c20-16-15-10(8-21-17(15)23-9-22-16)2-1-3-11-4-6-13(30-11)18(27)24-12(19(28)29)5-7-14(25)26/h4,6,8-9,12H,1-3,5,7H2,(H,24,27)(H,25,26)(H,28,29)(H3,20,21,22,23)/t12-/m0/s1. The fourth-order valence-corrected chi connectivity index (χ4v) is 4.04. The van der Waals surface area contributed by atoms with Crippen LogP contribution in [-0.2, 0) is 22.4 Å². The highest BCUT2D eigenvalue weighted by molar-refractivity contribution is 7.14. The summed E-state index contributed by atoms with van der Waals surface area (Å²) in [4.78, 5) is 46.8. The first-order valence-electron chi connectivity index (χ1n) is 9.25. The van der Waals surface area contributed by atoms with E-state index in [0.29, 0.717) is 16.3 Å². The first-order chi connectivity index (χ1) is 14.3. The van der Waals surface area contributed by atoms with Gasteiger partial charge in [-0.2, -0.15) is 0 Å². The Kier molecular flexibility index (Phi) is 6.62. The number of aromatic amines is 1. The van der Waals surface area contributed by atoms with Gasteiger partial charge < -0.3 is 26.2 Å².